The van der Waals surface area contributed by atoms with Crippen LogP contribution < -0.4 is 0 Å². The number of hydrogen-bond acceptors (Lipinski definition) is 2. The second-order valence-electron chi connectivity index (χ2n) is 7.71. The predicted molar refractivity (Wildman–Crippen MR) is 87.1 cm³/mol. The van der Waals surface area contributed by atoms with Crippen molar-refractivity contribution in [2.24, 2.45) is 10.8 Å². The van der Waals surface area contributed by atoms with E-state index in [1.807, 2.05) is 34.6 Å². The molecular weight excluding hydrogens is 276 g/mol. The molecule has 1 N–H and O–H groups in total. The Morgan fingerprint density at radius 3 is 2.05 bits per heavy atom. The molecule has 0 aromatic heterocycles. The van der Waals surface area contributed by atoms with E-state index in [1.165, 1.54) is 5.56 Å². The van der Waals surface area contributed by atoms with E-state index in [-0.39, 0.29) is 17.6 Å². The van der Waals surface area contributed by atoms with Crippen LogP contribution in [0.5, 0.6) is 0 Å². The molecule has 1 aromatic carbocycles. The highest BCUT2D eigenvalue weighted by atomic mass is 16.4. The van der Waals surface area contributed by atoms with Gasteiger partial charge in [-0.2, -0.15) is 0 Å². The first-order chi connectivity index (χ1) is 10.1. The first-order valence-corrected chi connectivity index (χ1v) is 7.91. The van der Waals surface area contributed by atoms with Crippen LogP contribution >= 0.6 is 0 Å². The number of aryl methyl sites for hydroxylation is 3. The molecule has 1 saturated carbocycles. The Hall–Kier alpha value is -1.64. The van der Waals surface area contributed by atoms with Crippen LogP contribution in [0.25, 0.3) is 0 Å². The molecule has 0 spiro atoms. The normalized spacial score (nSPS) is 23.5. The van der Waals surface area contributed by atoms with E-state index in [0.29, 0.717) is 12.8 Å². The van der Waals surface area contributed by atoms with E-state index < -0.39 is 11.4 Å². The Labute approximate surface area is 132 Å². The second kappa shape index (κ2) is 5.53. The number of carbonyl (C=O) groups is 2. The number of carboxylic acids is 1. The largest absolute Gasteiger partial charge is 0.480 e. The summed E-state index contributed by atoms with van der Waals surface area (Å²) >= 11 is 0. The summed E-state index contributed by atoms with van der Waals surface area (Å²) < 4.78 is 0. The van der Waals surface area contributed by atoms with Gasteiger partial charge < -0.3 is 5.11 Å². The van der Waals surface area contributed by atoms with Crippen LogP contribution in [0.4, 0.5) is 0 Å². The third-order valence-electron chi connectivity index (χ3n) is 5.13. The standard InChI is InChI=1S/C19H26O3/c1-12-8-13(2)15(14(3)9-12)10-16(20)19(17(21)22)7-6-18(4,5)11-19/h8-9H,6-7,10-11H2,1-5H3,(H,21,22). The summed E-state index contributed by atoms with van der Waals surface area (Å²) in [6.07, 6.45) is 1.91. The SMILES string of the molecule is Cc1cc(C)c(CC(=O)C2(C(=O)O)CCC(C)(C)C2)c(C)c1. The van der Waals surface area contributed by atoms with Crippen LogP contribution in [0, 0.1) is 31.6 Å². The van der Waals surface area contributed by atoms with Gasteiger partial charge in [0.2, 0.25) is 0 Å². The monoisotopic (exact) mass is 302 g/mol. The number of carboxylic acid groups (broad SMARTS) is 1. The Kier molecular flexibility index (Phi) is 4.20. The Balaban J connectivity index is 2.34. The van der Waals surface area contributed by atoms with Crippen LogP contribution in [-0.2, 0) is 16.0 Å². The molecule has 1 aliphatic carbocycles. The van der Waals surface area contributed by atoms with Crippen LogP contribution in [-0.4, -0.2) is 16.9 Å². The van der Waals surface area contributed by atoms with Crippen molar-refractivity contribution in [1.29, 1.82) is 0 Å². The van der Waals surface area contributed by atoms with Crippen molar-refractivity contribution in [2.75, 3.05) is 0 Å². The van der Waals surface area contributed by atoms with Crippen molar-refractivity contribution in [3.8, 4) is 0 Å². The van der Waals surface area contributed by atoms with Crippen LogP contribution in [0.3, 0.4) is 0 Å². The molecule has 1 aliphatic rings. The molecule has 1 atom stereocenters. The first-order valence-electron chi connectivity index (χ1n) is 7.91. The van der Waals surface area contributed by atoms with E-state index in [9.17, 15) is 14.7 Å². The molecule has 120 valence electrons. The lowest BCUT2D eigenvalue weighted by atomic mass is 9.75. The zero-order valence-electron chi connectivity index (χ0n) is 14.2. The third kappa shape index (κ3) is 2.94. The summed E-state index contributed by atoms with van der Waals surface area (Å²) in [4.78, 5) is 24.7. The third-order valence-corrected chi connectivity index (χ3v) is 5.13. The van der Waals surface area contributed by atoms with Gasteiger partial charge in [-0.05, 0) is 62.1 Å². The molecule has 0 radical (unpaired) electrons. The molecule has 0 saturated heterocycles. The Bertz CT molecular complexity index is 605. The van der Waals surface area contributed by atoms with E-state index >= 15 is 0 Å². The molecular formula is C19H26O3. The lowest BCUT2D eigenvalue weighted by Crippen LogP contribution is -2.39. The highest BCUT2D eigenvalue weighted by molar-refractivity contribution is 6.04. The smallest absolute Gasteiger partial charge is 0.317 e. The van der Waals surface area contributed by atoms with E-state index in [1.54, 1.807) is 0 Å². The van der Waals surface area contributed by atoms with Crippen LogP contribution in [0.15, 0.2) is 12.1 Å². The number of ketones is 1. The highest BCUT2D eigenvalue weighted by Gasteiger charge is 2.53. The van der Waals surface area contributed by atoms with Gasteiger partial charge in [0, 0.05) is 6.42 Å². The van der Waals surface area contributed by atoms with Gasteiger partial charge >= 0.3 is 5.97 Å². The van der Waals surface area contributed by atoms with Crippen LogP contribution in [0.1, 0.15) is 55.4 Å². The van der Waals surface area contributed by atoms with Gasteiger partial charge in [-0.25, -0.2) is 0 Å². The minimum Gasteiger partial charge on any atom is -0.480 e. The van der Waals surface area contributed by atoms with Crippen molar-refractivity contribution in [3.05, 3.63) is 34.4 Å². The fourth-order valence-electron chi connectivity index (χ4n) is 3.90. The molecule has 22 heavy (non-hydrogen) atoms. The van der Waals surface area contributed by atoms with Gasteiger partial charge in [0.1, 0.15) is 5.41 Å². The first kappa shape index (κ1) is 16.7. The topological polar surface area (TPSA) is 54.4 Å². The van der Waals surface area contributed by atoms with Gasteiger partial charge in [-0.15, -0.1) is 0 Å². The molecule has 0 heterocycles. The maximum absolute atomic E-state index is 12.9. The van der Waals surface area contributed by atoms with Gasteiger partial charge in [0.15, 0.2) is 5.78 Å². The fraction of sp³-hybridized carbons (Fsp3) is 0.579. The Morgan fingerprint density at radius 1 is 1.09 bits per heavy atom. The van der Waals surface area contributed by atoms with Gasteiger partial charge in [-0.1, -0.05) is 31.5 Å². The lowest BCUT2D eigenvalue weighted by molar-refractivity contribution is -0.155. The summed E-state index contributed by atoms with van der Waals surface area (Å²) in [5.41, 5.74) is 3.02. The van der Waals surface area contributed by atoms with E-state index in [2.05, 4.69) is 12.1 Å². The summed E-state index contributed by atoms with van der Waals surface area (Å²) in [7, 11) is 0. The molecule has 0 bridgehead atoms. The van der Waals surface area contributed by atoms with Crippen LogP contribution in [0.2, 0.25) is 0 Å². The predicted octanol–water partition coefficient (Wildman–Crippen LogP) is 4.00. The van der Waals surface area contributed by atoms with Crippen molar-refractivity contribution in [1.82, 2.24) is 0 Å². The molecule has 2 rings (SSSR count). The number of rotatable bonds is 4. The van der Waals surface area contributed by atoms with Gasteiger partial charge in [0.05, 0.1) is 0 Å². The summed E-state index contributed by atoms with van der Waals surface area (Å²) in [6, 6.07) is 4.11. The summed E-state index contributed by atoms with van der Waals surface area (Å²) in [5, 5.41) is 9.71. The molecule has 3 heteroatoms. The second-order valence-corrected chi connectivity index (χ2v) is 7.71. The number of aliphatic carboxylic acids is 1. The number of carbonyl (C=O) groups excluding carboxylic acids is 1. The zero-order valence-corrected chi connectivity index (χ0v) is 14.2. The maximum Gasteiger partial charge on any atom is 0.317 e. The minimum absolute atomic E-state index is 0.0780. The minimum atomic E-state index is -1.20. The molecule has 1 fully saturated rings. The average molecular weight is 302 g/mol. The fourth-order valence-corrected chi connectivity index (χ4v) is 3.90. The van der Waals surface area contributed by atoms with Crippen molar-refractivity contribution in [3.63, 3.8) is 0 Å². The number of hydrogen-bond donors (Lipinski definition) is 1. The Morgan fingerprint density at radius 2 is 1.64 bits per heavy atom. The highest BCUT2D eigenvalue weighted by Crippen LogP contribution is 2.50. The zero-order chi connectivity index (χ0) is 16.7. The summed E-state index contributed by atoms with van der Waals surface area (Å²) in [6.45, 7) is 10.1. The average Bonchev–Trinajstić information content (AvgIpc) is 2.71. The lowest BCUT2D eigenvalue weighted by Gasteiger charge is -2.26. The quantitative estimate of drug-likeness (QED) is 0.855. The summed E-state index contributed by atoms with van der Waals surface area (Å²) in [5.74, 6) is -1.09. The van der Waals surface area contributed by atoms with Crippen molar-refractivity contribution < 1.29 is 14.7 Å². The van der Waals surface area contributed by atoms with E-state index in [0.717, 1.165) is 23.1 Å². The van der Waals surface area contributed by atoms with E-state index in [4.69, 9.17) is 0 Å². The molecule has 0 amide bonds. The van der Waals surface area contributed by atoms with Gasteiger partial charge in [-0.3, -0.25) is 9.59 Å². The molecule has 1 unspecified atom stereocenters. The van der Waals surface area contributed by atoms with Crippen molar-refractivity contribution in [2.45, 2.75) is 60.3 Å². The molecule has 3 nitrogen and oxygen atoms in total. The number of Topliss-reactive ketones (excluding diaryl/α,β-unsaturated/α-hetero) is 1. The van der Waals surface area contributed by atoms with Gasteiger partial charge in [0.25, 0.3) is 0 Å². The van der Waals surface area contributed by atoms with Crippen molar-refractivity contribution >= 4 is 11.8 Å². The molecule has 1 aromatic rings. The maximum atomic E-state index is 12.9. The number of benzene rings is 1. The molecule has 0 aliphatic heterocycles.